The van der Waals surface area contributed by atoms with E-state index in [9.17, 15) is 9.18 Å². The van der Waals surface area contributed by atoms with Gasteiger partial charge in [-0.3, -0.25) is 4.79 Å². The largest absolute Gasteiger partial charge is 0.370 e. The molecular formula is C20H18ClFN4O. The molecule has 2 N–H and O–H groups in total. The Kier molecular flexibility index (Phi) is 5.98. The Morgan fingerprint density at radius 2 is 1.96 bits per heavy atom. The molecule has 27 heavy (non-hydrogen) atoms. The molecule has 0 saturated heterocycles. The van der Waals surface area contributed by atoms with Gasteiger partial charge in [0.15, 0.2) is 0 Å². The first-order valence-corrected chi connectivity index (χ1v) is 8.78. The molecule has 3 rings (SSSR count). The maximum atomic E-state index is 13.6. The third kappa shape index (κ3) is 4.80. The molecule has 0 saturated carbocycles. The summed E-state index contributed by atoms with van der Waals surface area (Å²) >= 11 is 6.07. The summed E-state index contributed by atoms with van der Waals surface area (Å²) in [6.07, 6.45) is 1.81. The number of nitrogens with zero attached hydrogens (tertiary/aromatic N) is 2. The Morgan fingerprint density at radius 3 is 2.78 bits per heavy atom. The van der Waals surface area contributed by atoms with E-state index in [1.165, 1.54) is 12.4 Å². The molecule has 7 heteroatoms. The molecule has 0 fully saturated rings. The predicted octanol–water partition coefficient (Wildman–Crippen LogP) is 4.48. The van der Waals surface area contributed by atoms with Crippen molar-refractivity contribution in [3.05, 3.63) is 82.5 Å². The van der Waals surface area contributed by atoms with E-state index in [1.807, 2.05) is 6.92 Å². The van der Waals surface area contributed by atoms with Gasteiger partial charge in [-0.25, -0.2) is 14.4 Å². The number of carbonyl (C=O) groups is 1. The van der Waals surface area contributed by atoms with E-state index in [1.54, 1.807) is 42.5 Å². The Morgan fingerprint density at radius 1 is 1.15 bits per heavy atom. The van der Waals surface area contributed by atoms with Crippen LogP contribution < -0.4 is 10.6 Å². The van der Waals surface area contributed by atoms with Gasteiger partial charge in [0.1, 0.15) is 23.7 Å². The van der Waals surface area contributed by atoms with Gasteiger partial charge in [-0.05, 0) is 42.7 Å². The molecule has 1 heterocycles. The molecule has 2 aromatic carbocycles. The van der Waals surface area contributed by atoms with Gasteiger partial charge < -0.3 is 10.6 Å². The lowest BCUT2D eigenvalue weighted by molar-refractivity contribution is 0.102. The minimum atomic E-state index is -0.361. The monoisotopic (exact) mass is 384 g/mol. The molecule has 0 bridgehead atoms. The second kappa shape index (κ2) is 8.60. The quantitative estimate of drug-likeness (QED) is 0.657. The van der Waals surface area contributed by atoms with Gasteiger partial charge in [-0.15, -0.1) is 0 Å². The molecule has 1 amide bonds. The first-order valence-electron chi connectivity index (χ1n) is 8.40. The lowest BCUT2D eigenvalue weighted by atomic mass is 10.1. The van der Waals surface area contributed by atoms with Crippen molar-refractivity contribution in [2.45, 2.75) is 13.3 Å². The van der Waals surface area contributed by atoms with Crippen LogP contribution in [0.4, 0.5) is 15.9 Å². The SMILES string of the molecule is Cc1c(Cl)cccc1NC(=O)c1cc(NCCc2ccccc2F)ncn1. The van der Waals surface area contributed by atoms with Crippen molar-refractivity contribution in [1.82, 2.24) is 9.97 Å². The summed E-state index contributed by atoms with van der Waals surface area (Å²) in [7, 11) is 0. The number of halogens is 2. The summed E-state index contributed by atoms with van der Waals surface area (Å²) in [6.45, 7) is 2.31. The van der Waals surface area contributed by atoms with Gasteiger partial charge in [-0.1, -0.05) is 35.9 Å². The topological polar surface area (TPSA) is 66.9 Å². The number of hydrogen-bond acceptors (Lipinski definition) is 4. The van der Waals surface area contributed by atoms with Crippen molar-refractivity contribution in [3.8, 4) is 0 Å². The van der Waals surface area contributed by atoms with E-state index >= 15 is 0 Å². The third-order valence-corrected chi connectivity index (χ3v) is 4.48. The highest BCUT2D eigenvalue weighted by atomic mass is 35.5. The molecule has 0 aliphatic heterocycles. The lowest BCUT2D eigenvalue weighted by Gasteiger charge is -2.10. The summed E-state index contributed by atoms with van der Waals surface area (Å²) in [6, 6.07) is 13.5. The molecule has 0 radical (unpaired) electrons. The van der Waals surface area contributed by atoms with Crippen LogP contribution in [0, 0.1) is 12.7 Å². The molecule has 1 aromatic heterocycles. The first-order chi connectivity index (χ1) is 13.0. The van der Waals surface area contributed by atoms with Gasteiger partial charge in [0.05, 0.1) is 0 Å². The van der Waals surface area contributed by atoms with Crippen LogP contribution in [0.2, 0.25) is 5.02 Å². The Bertz CT molecular complexity index is 964. The van der Waals surface area contributed by atoms with Crippen LogP contribution in [0.15, 0.2) is 54.9 Å². The third-order valence-electron chi connectivity index (χ3n) is 4.07. The predicted molar refractivity (Wildman–Crippen MR) is 105 cm³/mol. The van der Waals surface area contributed by atoms with Crippen LogP contribution in [0.1, 0.15) is 21.6 Å². The lowest BCUT2D eigenvalue weighted by Crippen LogP contribution is -2.16. The molecule has 3 aromatic rings. The molecule has 0 aliphatic rings. The Labute approximate surface area is 161 Å². The molecule has 5 nitrogen and oxygen atoms in total. The van der Waals surface area contributed by atoms with E-state index in [4.69, 9.17) is 11.6 Å². The van der Waals surface area contributed by atoms with Gasteiger partial charge in [0, 0.05) is 23.3 Å². The summed E-state index contributed by atoms with van der Waals surface area (Å²) < 4.78 is 13.6. The van der Waals surface area contributed by atoms with Gasteiger partial charge in [0.2, 0.25) is 0 Å². The number of anilines is 2. The zero-order chi connectivity index (χ0) is 19.2. The van der Waals surface area contributed by atoms with Crippen molar-refractivity contribution < 1.29 is 9.18 Å². The van der Waals surface area contributed by atoms with Crippen molar-refractivity contribution in [1.29, 1.82) is 0 Å². The summed E-state index contributed by atoms with van der Waals surface area (Å²) in [5.41, 5.74) is 2.25. The highest BCUT2D eigenvalue weighted by Crippen LogP contribution is 2.23. The second-order valence-electron chi connectivity index (χ2n) is 5.92. The minimum absolute atomic E-state index is 0.220. The van der Waals surface area contributed by atoms with Crippen molar-refractivity contribution in [3.63, 3.8) is 0 Å². The van der Waals surface area contributed by atoms with Crippen LogP contribution in [0.25, 0.3) is 0 Å². The average molecular weight is 385 g/mol. The molecule has 0 aliphatic carbocycles. The van der Waals surface area contributed by atoms with Crippen molar-refractivity contribution in [2.75, 3.05) is 17.2 Å². The zero-order valence-electron chi connectivity index (χ0n) is 14.7. The fourth-order valence-corrected chi connectivity index (χ4v) is 2.71. The van der Waals surface area contributed by atoms with Crippen molar-refractivity contribution in [2.24, 2.45) is 0 Å². The number of rotatable bonds is 6. The maximum Gasteiger partial charge on any atom is 0.274 e. The van der Waals surface area contributed by atoms with Crippen LogP contribution in [-0.2, 0) is 6.42 Å². The number of nitrogens with one attached hydrogen (secondary N) is 2. The maximum absolute atomic E-state index is 13.6. The molecule has 0 atom stereocenters. The number of aromatic nitrogens is 2. The molecule has 0 unspecified atom stereocenters. The van der Waals surface area contributed by atoms with Crippen LogP contribution in [0.5, 0.6) is 0 Å². The van der Waals surface area contributed by atoms with E-state index in [2.05, 4.69) is 20.6 Å². The number of benzene rings is 2. The highest BCUT2D eigenvalue weighted by molar-refractivity contribution is 6.31. The standard InChI is InChI=1S/C20H18ClFN4O/c1-13-15(21)6-4-8-17(13)26-20(27)18-11-19(25-12-24-18)23-10-9-14-5-2-3-7-16(14)22/h2-8,11-12H,9-10H2,1H3,(H,26,27)(H,23,24,25). The van der Waals surface area contributed by atoms with Gasteiger partial charge >= 0.3 is 0 Å². The van der Waals surface area contributed by atoms with E-state index in [-0.39, 0.29) is 17.4 Å². The smallest absolute Gasteiger partial charge is 0.274 e. The van der Waals surface area contributed by atoms with Gasteiger partial charge in [0.25, 0.3) is 5.91 Å². The summed E-state index contributed by atoms with van der Waals surface area (Å²) in [5.74, 6) is -0.104. The number of hydrogen-bond donors (Lipinski definition) is 2. The highest BCUT2D eigenvalue weighted by Gasteiger charge is 2.11. The fraction of sp³-hybridized carbons (Fsp3) is 0.150. The van der Waals surface area contributed by atoms with E-state index in [0.717, 1.165) is 5.56 Å². The number of carbonyl (C=O) groups excluding carboxylic acids is 1. The second-order valence-corrected chi connectivity index (χ2v) is 6.33. The van der Waals surface area contributed by atoms with Crippen molar-refractivity contribution >= 4 is 29.0 Å². The summed E-state index contributed by atoms with van der Waals surface area (Å²) in [4.78, 5) is 20.6. The normalized spacial score (nSPS) is 10.5. The average Bonchev–Trinajstić information content (AvgIpc) is 2.67. The Balaban J connectivity index is 1.63. The van der Waals surface area contributed by atoms with E-state index < -0.39 is 0 Å². The molecular weight excluding hydrogens is 367 g/mol. The first kappa shape index (κ1) is 18.8. The van der Waals surface area contributed by atoms with Crippen LogP contribution >= 0.6 is 11.6 Å². The van der Waals surface area contributed by atoms with Crippen LogP contribution in [-0.4, -0.2) is 22.4 Å². The van der Waals surface area contributed by atoms with E-state index in [0.29, 0.717) is 35.1 Å². The zero-order valence-corrected chi connectivity index (χ0v) is 15.4. The van der Waals surface area contributed by atoms with Gasteiger partial charge in [-0.2, -0.15) is 0 Å². The molecule has 0 spiro atoms. The Hall–Kier alpha value is -2.99. The van der Waals surface area contributed by atoms with Crippen LogP contribution in [0.3, 0.4) is 0 Å². The summed E-state index contributed by atoms with van der Waals surface area (Å²) in [5, 5.41) is 6.45. The molecule has 138 valence electrons. The fourth-order valence-electron chi connectivity index (χ4n) is 2.53. The number of amides is 1. The minimum Gasteiger partial charge on any atom is -0.370 e.